The molecule has 2 fully saturated rings. The molecule has 0 aromatic carbocycles. The average Bonchev–Trinajstić information content (AvgIpc) is 3.05. The van der Waals surface area contributed by atoms with Gasteiger partial charge in [-0.2, -0.15) is 8.75 Å². The van der Waals surface area contributed by atoms with Crippen LogP contribution in [0.15, 0.2) is 6.20 Å². The maximum atomic E-state index is 11.9. The summed E-state index contributed by atoms with van der Waals surface area (Å²) in [6, 6.07) is 0.118. The van der Waals surface area contributed by atoms with Gasteiger partial charge in [-0.25, -0.2) is 0 Å². The molecule has 2 aliphatic rings. The van der Waals surface area contributed by atoms with Gasteiger partial charge in [0.1, 0.15) is 0 Å². The fourth-order valence-corrected chi connectivity index (χ4v) is 3.80. The molecule has 1 aromatic rings. The molecule has 2 N–H and O–H groups in total. The molecule has 2 bridgehead atoms. The first-order valence-electron chi connectivity index (χ1n) is 5.99. The summed E-state index contributed by atoms with van der Waals surface area (Å²) in [6.45, 7) is 0.168. The third-order valence-electron chi connectivity index (χ3n) is 4.19. The lowest BCUT2D eigenvalue weighted by atomic mass is 9.85. The van der Waals surface area contributed by atoms with Crippen LogP contribution in [0.5, 0.6) is 0 Å². The zero-order valence-electron chi connectivity index (χ0n) is 9.37. The molecule has 0 spiro atoms. The highest BCUT2D eigenvalue weighted by Gasteiger charge is 2.47. The Bertz CT molecular complexity index is 409. The number of hydrogen-bond donors (Lipinski definition) is 2. The minimum absolute atomic E-state index is 0.118. The van der Waals surface area contributed by atoms with E-state index in [9.17, 15) is 9.90 Å². The number of nitrogens with zero attached hydrogens (tertiary/aromatic N) is 2. The van der Waals surface area contributed by atoms with Gasteiger partial charge < -0.3 is 10.4 Å². The summed E-state index contributed by atoms with van der Waals surface area (Å²) in [5.74, 6) is 1.19. The maximum absolute atomic E-state index is 11.9. The molecule has 1 aromatic heterocycles. The second kappa shape index (κ2) is 4.34. The van der Waals surface area contributed by atoms with Gasteiger partial charge in [-0.3, -0.25) is 4.79 Å². The van der Waals surface area contributed by atoms with Gasteiger partial charge >= 0.3 is 0 Å². The highest BCUT2D eigenvalue weighted by molar-refractivity contribution is 6.99. The Morgan fingerprint density at radius 2 is 2.35 bits per heavy atom. The minimum atomic E-state index is -0.158. The van der Waals surface area contributed by atoms with E-state index in [-0.39, 0.29) is 24.5 Å². The number of fused-ring (bicyclic) bond motifs is 2. The van der Waals surface area contributed by atoms with E-state index in [1.807, 2.05) is 0 Å². The largest absolute Gasteiger partial charge is 0.396 e. The van der Waals surface area contributed by atoms with E-state index in [2.05, 4.69) is 14.1 Å². The molecule has 4 unspecified atom stereocenters. The van der Waals surface area contributed by atoms with Crippen molar-refractivity contribution < 1.29 is 9.90 Å². The quantitative estimate of drug-likeness (QED) is 0.830. The van der Waals surface area contributed by atoms with Crippen molar-refractivity contribution >= 4 is 17.6 Å². The standard InChI is InChI=1S/C11H15N3O2S/c15-5-8-6-1-2-7(3-6)10(8)13-11(16)9-4-12-17-14-9/h4,6-8,10,15H,1-3,5H2,(H,13,16). The first-order chi connectivity index (χ1) is 8.29. The first-order valence-corrected chi connectivity index (χ1v) is 6.72. The summed E-state index contributed by atoms with van der Waals surface area (Å²) in [5.41, 5.74) is 0.384. The minimum Gasteiger partial charge on any atom is -0.396 e. The van der Waals surface area contributed by atoms with Crippen LogP contribution >= 0.6 is 11.7 Å². The van der Waals surface area contributed by atoms with Crippen molar-refractivity contribution in [3.05, 3.63) is 11.9 Å². The summed E-state index contributed by atoms with van der Waals surface area (Å²) < 4.78 is 7.75. The highest BCUT2D eigenvalue weighted by atomic mass is 32.1. The van der Waals surface area contributed by atoms with Crippen LogP contribution in [0.4, 0.5) is 0 Å². The summed E-state index contributed by atoms with van der Waals surface area (Å²) in [5, 5.41) is 12.4. The van der Waals surface area contributed by atoms with E-state index in [0.29, 0.717) is 17.5 Å². The van der Waals surface area contributed by atoms with E-state index in [1.165, 1.54) is 19.0 Å². The lowest BCUT2D eigenvalue weighted by molar-refractivity contribution is 0.0857. The van der Waals surface area contributed by atoms with Gasteiger partial charge in [-0.1, -0.05) is 0 Å². The third kappa shape index (κ3) is 1.85. The van der Waals surface area contributed by atoms with Crippen molar-refractivity contribution in [1.29, 1.82) is 0 Å². The van der Waals surface area contributed by atoms with Gasteiger partial charge in [0.25, 0.3) is 5.91 Å². The van der Waals surface area contributed by atoms with Crippen molar-refractivity contribution in [2.45, 2.75) is 25.3 Å². The SMILES string of the molecule is O=C(NC1C2CCC(C2)C1CO)c1cnsn1. The number of aliphatic hydroxyl groups excluding tert-OH is 1. The van der Waals surface area contributed by atoms with Crippen molar-refractivity contribution in [2.75, 3.05) is 6.61 Å². The fourth-order valence-electron chi connectivity index (χ4n) is 3.39. The molecule has 3 rings (SSSR count). The van der Waals surface area contributed by atoms with Gasteiger partial charge in [-0.05, 0) is 31.1 Å². The van der Waals surface area contributed by atoms with Crippen LogP contribution in [0.2, 0.25) is 0 Å². The predicted molar refractivity (Wildman–Crippen MR) is 62.6 cm³/mol. The van der Waals surface area contributed by atoms with Gasteiger partial charge in [0.2, 0.25) is 0 Å². The Hall–Kier alpha value is -1.01. The van der Waals surface area contributed by atoms with Gasteiger partial charge in [-0.15, -0.1) is 0 Å². The zero-order valence-corrected chi connectivity index (χ0v) is 10.2. The maximum Gasteiger partial charge on any atom is 0.272 e. The van der Waals surface area contributed by atoms with E-state index in [1.54, 1.807) is 0 Å². The summed E-state index contributed by atoms with van der Waals surface area (Å²) >= 11 is 1.04. The van der Waals surface area contributed by atoms with Crippen LogP contribution in [-0.4, -0.2) is 32.4 Å². The molecule has 4 atom stereocenters. The Kier molecular flexibility index (Phi) is 2.84. The van der Waals surface area contributed by atoms with Gasteiger partial charge in [0, 0.05) is 18.6 Å². The van der Waals surface area contributed by atoms with Gasteiger partial charge in [0.05, 0.1) is 17.9 Å². The van der Waals surface area contributed by atoms with Crippen LogP contribution in [0.3, 0.4) is 0 Å². The summed E-state index contributed by atoms with van der Waals surface area (Å²) in [6.07, 6.45) is 4.99. The topological polar surface area (TPSA) is 75.1 Å². The number of aromatic nitrogens is 2. The van der Waals surface area contributed by atoms with Crippen molar-refractivity contribution in [1.82, 2.24) is 14.1 Å². The molecule has 2 saturated carbocycles. The third-order valence-corrected chi connectivity index (χ3v) is 4.67. The first kappa shape index (κ1) is 11.1. The van der Waals surface area contributed by atoms with Gasteiger partial charge in [0.15, 0.2) is 5.69 Å². The fraction of sp³-hybridized carbons (Fsp3) is 0.727. The molecule has 1 heterocycles. The number of carbonyl (C=O) groups is 1. The Morgan fingerprint density at radius 3 is 3.06 bits per heavy atom. The lowest BCUT2D eigenvalue weighted by Gasteiger charge is -2.30. The van der Waals surface area contributed by atoms with Crippen molar-refractivity contribution in [3.8, 4) is 0 Å². The number of hydrogen-bond acceptors (Lipinski definition) is 5. The molecule has 6 heteroatoms. The summed E-state index contributed by atoms with van der Waals surface area (Å²) in [7, 11) is 0. The molecule has 0 saturated heterocycles. The van der Waals surface area contributed by atoms with Crippen molar-refractivity contribution in [2.24, 2.45) is 17.8 Å². The molecule has 2 aliphatic carbocycles. The van der Waals surface area contributed by atoms with Crippen LogP contribution < -0.4 is 5.32 Å². The highest BCUT2D eigenvalue weighted by Crippen LogP contribution is 2.48. The molecule has 5 nitrogen and oxygen atoms in total. The molecule has 17 heavy (non-hydrogen) atoms. The molecular formula is C11H15N3O2S. The molecular weight excluding hydrogens is 238 g/mol. The molecule has 0 aliphatic heterocycles. The molecule has 0 radical (unpaired) electrons. The van der Waals surface area contributed by atoms with Crippen LogP contribution in [0.25, 0.3) is 0 Å². The number of nitrogens with one attached hydrogen (secondary N) is 1. The second-order valence-electron chi connectivity index (χ2n) is 4.97. The monoisotopic (exact) mass is 253 g/mol. The number of rotatable bonds is 3. The Labute approximate surface area is 104 Å². The number of aliphatic hydroxyl groups is 1. The summed E-state index contributed by atoms with van der Waals surface area (Å²) in [4.78, 5) is 11.9. The Balaban J connectivity index is 1.71. The number of amides is 1. The van der Waals surface area contributed by atoms with E-state index < -0.39 is 0 Å². The lowest BCUT2D eigenvalue weighted by Crippen LogP contribution is -2.45. The van der Waals surface area contributed by atoms with Crippen molar-refractivity contribution in [3.63, 3.8) is 0 Å². The zero-order chi connectivity index (χ0) is 11.8. The number of carbonyl (C=O) groups excluding carboxylic acids is 1. The molecule has 92 valence electrons. The van der Waals surface area contributed by atoms with E-state index in [0.717, 1.165) is 18.1 Å². The normalized spacial score (nSPS) is 35.1. The van der Waals surface area contributed by atoms with E-state index in [4.69, 9.17) is 0 Å². The van der Waals surface area contributed by atoms with Crippen LogP contribution in [0, 0.1) is 17.8 Å². The van der Waals surface area contributed by atoms with Crippen LogP contribution in [-0.2, 0) is 0 Å². The molecule has 1 amide bonds. The predicted octanol–water partition coefficient (Wildman–Crippen LogP) is 0.675. The van der Waals surface area contributed by atoms with E-state index >= 15 is 0 Å². The Morgan fingerprint density at radius 1 is 1.53 bits per heavy atom. The second-order valence-corrected chi connectivity index (χ2v) is 5.53. The smallest absolute Gasteiger partial charge is 0.272 e. The van der Waals surface area contributed by atoms with Crippen LogP contribution in [0.1, 0.15) is 29.8 Å². The average molecular weight is 253 g/mol.